The Morgan fingerprint density at radius 3 is 1.26 bits per heavy atom. The van der Waals surface area contributed by atoms with Gasteiger partial charge < -0.3 is 10.2 Å². The Bertz CT molecular complexity index is 761. The number of hydrogen-bond acceptors (Lipinski definition) is 5. The van der Waals surface area contributed by atoms with Crippen molar-refractivity contribution in [2.45, 2.75) is 76.0 Å². The molecule has 0 unspecified atom stereocenters. The average molecular weight is 423 g/mol. The average Bonchev–Trinajstić information content (AvgIpc) is 2.51. The largest absolute Gasteiger partial charge is 0.506 e. The van der Waals surface area contributed by atoms with Gasteiger partial charge in [-0.15, -0.1) is 0 Å². The summed E-state index contributed by atoms with van der Waals surface area (Å²) >= 11 is 0. The summed E-state index contributed by atoms with van der Waals surface area (Å²) in [5.41, 5.74) is 3.98. The minimum absolute atomic E-state index is 0.111. The number of benzene rings is 2. The molecule has 5 heteroatoms. The zero-order chi connectivity index (χ0) is 20.6. The summed E-state index contributed by atoms with van der Waals surface area (Å²) in [7, 11) is 4.62. The summed E-state index contributed by atoms with van der Waals surface area (Å²) in [5.74, 6) is 0.713. The molecule has 148 valence electrons. The molecule has 27 heavy (non-hydrogen) atoms. The van der Waals surface area contributed by atoms with Gasteiger partial charge in [-0.1, -0.05) is 53.7 Å². The van der Waals surface area contributed by atoms with E-state index in [2.05, 4.69) is 67.5 Å². The fraction of sp³-hybridized carbons (Fsp3) is 0.455. The number of aromatic hydroxyl groups is 2. The molecule has 0 amide bonds. The van der Waals surface area contributed by atoms with Crippen LogP contribution >= 0.6 is 31.4 Å². The van der Waals surface area contributed by atoms with E-state index in [1.807, 2.05) is 12.1 Å². The molecule has 0 saturated carbocycles. The van der Waals surface area contributed by atoms with Gasteiger partial charge in [0.25, 0.3) is 0 Å². The van der Waals surface area contributed by atoms with Crippen LogP contribution in [0.15, 0.2) is 34.1 Å². The van der Waals surface area contributed by atoms with Crippen LogP contribution in [0.3, 0.4) is 0 Å². The lowest BCUT2D eigenvalue weighted by molar-refractivity contribution is 0.434. The predicted molar refractivity (Wildman–Crippen MR) is 122 cm³/mol. The molecule has 2 rings (SSSR count). The number of phenols is 2. The molecule has 0 aliphatic heterocycles. The highest BCUT2D eigenvalue weighted by Gasteiger charge is 2.23. The fourth-order valence-corrected chi connectivity index (χ4v) is 6.81. The van der Waals surface area contributed by atoms with Gasteiger partial charge in [-0.25, -0.2) is 0 Å². The van der Waals surface area contributed by atoms with Crippen LogP contribution in [0.25, 0.3) is 0 Å². The summed E-state index contributed by atoms with van der Waals surface area (Å²) < 4.78 is 0. The van der Waals surface area contributed by atoms with Gasteiger partial charge >= 0.3 is 0 Å². The zero-order valence-corrected chi connectivity index (χ0v) is 19.9. The third-order valence-electron chi connectivity index (χ3n) is 4.30. The van der Waals surface area contributed by atoms with Gasteiger partial charge in [0.1, 0.15) is 11.5 Å². The lowest BCUT2D eigenvalue weighted by Gasteiger charge is -2.23. The lowest BCUT2D eigenvalue weighted by Crippen LogP contribution is -2.12. The van der Waals surface area contributed by atoms with Crippen LogP contribution in [0.4, 0.5) is 0 Å². The molecule has 0 bridgehead atoms. The van der Waals surface area contributed by atoms with Gasteiger partial charge in [-0.3, -0.25) is 0 Å². The van der Waals surface area contributed by atoms with Crippen LogP contribution < -0.4 is 0 Å². The monoisotopic (exact) mass is 422 g/mol. The molecule has 2 aromatic carbocycles. The standard InChI is InChI=1S/C22H30O2S3/c1-13-9-15(21(3,4)5)19(23)17(11-13)25-27-26-18-12-14(2)10-16(20(18)24)22(6,7)8/h9-12,23-24H,1-8H3. The van der Waals surface area contributed by atoms with Gasteiger partial charge in [0, 0.05) is 11.1 Å². The first-order chi connectivity index (χ1) is 12.3. The maximum Gasteiger partial charge on any atom is 0.133 e. The number of aryl methyl sites for hydroxylation is 2. The van der Waals surface area contributed by atoms with Gasteiger partial charge in [0.05, 0.1) is 9.79 Å². The van der Waals surface area contributed by atoms with Crippen molar-refractivity contribution in [3.63, 3.8) is 0 Å². The molecule has 0 saturated heterocycles. The third kappa shape index (κ3) is 5.55. The second-order valence-electron chi connectivity index (χ2n) is 9.05. The minimum Gasteiger partial charge on any atom is -0.506 e. The second kappa shape index (κ2) is 8.22. The summed E-state index contributed by atoms with van der Waals surface area (Å²) in [5, 5.41) is 21.4. The molecule has 2 nitrogen and oxygen atoms in total. The summed E-state index contributed by atoms with van der Waals surface area (Å²) in [4.78, 5) is 1.72. The van der Waals surface area contributed by atoms with Crippen molar-refractivity contribution < 1.29 is 10.2 Å². The molecule has 2 N–H and O–H groups in total. The molecule has 0 fully saturated rings. The Balaban J connectivity index is 2.23. The summed E-state index contributed by atoms with van der Waals surface area (Å²) in [6.07, 6.45) is 0. The third-order valence-corrected chi connectivity index (χ3v) is 8.13. The molecule has 0 heterocycles. The smallest absolute Gasteiger partial charge is 0.133 e. The van der Waals surface area contributed by atoms with Crippen LogP contribution in [-0.2, 0) is 10.8 Å². The fourth-order valence-electron chi connectivity index (χ4n) is 2.85. The topological polar surface area (TPSA) is 40.5 Å². The van der Waals surface area contributed by atoms with E-state index in [0.29, 0.717) is 11.5 Å². The van der Waals surface area contributed by atoms with Gasteiger partial charge in [0.2, 0.25) is 0 Å². The van der Waals surface area contributed by atoms with E-state index in [1.165, 1.54) is 21.6 Å². The molecular formula is C22H30O2S3. The number of rotatable bonds is 4. The number of hydrogen-bond donors (Lipinski definition) is 2. The van der Waals surface area contributed by atoms with Gasteiger partial charge in [0.15, 0.2) is 0 Å². The van der Waals surface area contributed by atoms with Crippen molar-refractivity contribution in [1.82, 2.24) is 0 Å². The quantitative estimate of drug-likeness (QED) is 0.493. The van der Waals surface area contributed by atoms with E-state index in [9.17, 15) is 10.2 Å². The first-order valence-electron chi connectivity index (χ1n) is 9.00. The van der Waals surface area contributed by atoms with Crippen molar-refractivity contribution in [2.75, 3.05) is 0 Å². The molecule has 0 radical (unpaired) electrons. The Morgan fingerprint density at radius 2 is 0.963 bits per heavy atom. The van der Waals surface area contributed by atoms with Crippen molar-refractivity contribution >= 4 is 31.4 Å². The Labute approximate surface area is 175 Å². The Hall–Kier alpha value is -0.910. The molecule has 0 aliphatic rings. The van der Waals surface area contributed by atoms with E-state index in [4.69, 9.17) is 0 Å². The normalized spacial score (nSPS) is 12.4. The van der Waals surface area contributed by atoms with Crippen LogP contribution in [0, 0.1) is 13.8 Å². The van der Waals surface area contributed by atoms with Crippen LogP contribution in [-0.4, -0.2) is 10.2 Å². The highest BCUT2D eigenvalue weighted by molar-refractivity contribution is 9.09. The maximum atomic E-state index is 10.7. The first kappa shape index (κ1) is 22.4. The first-order valence-corrected chi connectivity index (χ1v) is 12.5. The molecule has 2 aromatic rings. The minimum atomic E-state index is -0.111. The van der Waals surface area contributed by atoms with Crippen LogP contribution in [0.2, 0.25) is 0 Å². The predicted octanol–water partition coefficient (Wildman–Crippen LogP) is 7.76. The lowest BCUT2D eigenvalue weighted by atomic mass is 9.85. The molecular weight excluding hydrogens is 392 g/mol. The van der Waals surface area contributed by atoms with Crippen molar-refractivity contribution in [3.8, 4) is 11.5 Å². The van der Waals surface area contributed by atoms with E-state index in [-0.39, 0.29) is 10.8 Å². The van der Waals surface area contributed by atoms with E-state index >= 15 is 0 Å². The highest BCUT2D eigenvalue weighted by Crippen LogP contribution is 2.52. The molecule has 0 aliphatic carbocycles. The van der Waals surface area contributed by atoms with Crippen LogP contribution in [0.5, 0.6) is 11.5 Å². The zero-order valence-electron chi connectivity index (χ0n) is 17.4. The van der Waals surface area contributed by atoms with Crippen LogP contribution in [0.1, 0.15) is 63.8 Å². The van der Waals surface area contributed by atoms with Crippen molar-refractivity contribution in [1.29, 1.82) is 0 Å². The molecule has 0 aromatic heterocycles. The SMILES string of the molecule is Cc1cc(SSSc2cc(C)cc(C(C)(C)C)c2O)c(O)c(C(C)(C)C)c1. The van der Waals surface area contributed by atoms with Crippen molar-refractivity contribution in [3.05, 3.63) is 46.5 Å². The van der Waals surface area contributed by atoms with E-state index in [1.54, 1.807) is 9.83 Å². The van der Waals surface area contributed by atoms with E-state index < -0.39 is 0 Å². The van der Waals surface area contributed by atoms with E-state index in [0.717, 1.165) is 32.0 Å². The van der Waals surface area contributed by atoms with Gasteiger partial charge in [-0.2, -0.15) is 0 Å². The summed E-state index contributed by atoms with van der Waals surface area (Å²) in [6.45, 7) is 16.8. The molecule has 0 atom stereocenters. The Morgan fingerprint density at radius 1 is 0.630 bits per heavy atom. The molecule has 0 spiro atoms. The number of phenolic OH excluding ortho intramolecular Hbond substituents is 2. The maximum absolute atomic E-state index is 10.7. The van der Waals surface area contributed by atoms with Gasteiger partial charge in [-0.05, 0) is 79.4 Å². The van der Waals surface area contributed by atoms with Crippen molar-refractivity contribution in [2.24, 2.45) is 0 Å². The second-order valence-corrected chi connectivity index (χ2v) is 13.0. The Kier molecular flexibility index (Phi) is 6.81. The summed E-state index contributed by atoms with van der Waals surface area (Å²) in [6, 6.07) is 8.14. The highest BCUT2D eigenvalue weighted by atomic mass is 33.5.